The molecule has 0 fully saturated rings. The van der Waals surface area contributed by atoms with Gasteiger partial charge in [0.25, 0.3) is 0 Å². The van der Waals surface area contributed by atoms with Gasteiger partial charge in [-0.2, -0.15) is 12.1 Å². The van der Waals surface area contributed by atoms with Crippen LogP contribution in [0.4, 0.5) is 22.9 Å². The molecule has 8 rings (SSSR count). The molecule has 0 spiro atoms. The number of anilines is 4. The van der Waals surface area contributed by atoms with E-state index in [4.69, 9.17) is 14.7 Å². The third-order valence-corrected chi connectivity index (χ3v) is 9.77. The molecular formula is C45H43N6OPt-3. The summed E-state index contributed by atoms with van der Waals surface area (Å²) in [5.74, 6) is 3.22. The van der Waals surface area contributed by atoms with Gasteiger partial charge in [-0.05, 0) is 69.2 Å². The average molecular weight is 879 g/mol. The van der Waals surface area contributed by atoms with Crippen LogP contribution in [0.15, 0.2) is 104 Å². The summed E-state index contributed by atoms with van der Waals surface area (Å²) in [6.07, 6.45) is 7.60. The van der Waals surface area contributed by atoms with Gasteiger partial charge in [0.1, 0.15) is 11.6 Å². The van der Waals surface area contributed by atoms with Crippen molar-refractivity contribution in [3.05, 3.63) is 139 Å². The molecule has 7 aromatic rings. The predicted octanol–water partition coefficient (Wildman–Crippen LogP) is 11.5. The second kappa shape index (κ2) is 13.8. The van der Waals surface area contributed by atoms with Crippen LogP contribution in [0, 0.1) is 18.8 Å². The van der Waals surface area contributed by atoms with Gasteiger partial charge < -0.3 is 19.1 Å². The Morgan fingerprint density at radius 3 is 2.25 bits per heavy atom. The maximum atomic E-state index is 6.52. The number of hydrogen-bond acceptors (Lipinski definition) is 6. The number of hydrogen-bond donors (Lipinski definition) is 0. The number of rotatable bonds is 6. The molecule has 53 heavy (non-hydrogen) atoms. The molecule has 0 N–H and O–H groups in total. The van der Waals surface area contributed by atoms with Gasteiger partial charge in [0.05, 0.1) is 5.69 Å². The van der Waals surface area contributed by atoms with E-state index in [0.717, 1.165) is 50.5 Å². The van der Waals surface area contributed by atoms with E-state index < -0.39 is 0 Å². The molecule has 0 saturated heterocycles. The standard InChI is InChI=1S/C45H43N6O.Pt/c1-29(2)37-22-31(45(6,7)8)26-48-43(37)50-28-49(41-27-46-20-19-39(41)50)32-12-11-13-33(24-32)52-34-16-17-36-35-14-9-10-15-38(35)51(40(36)25-34)42-23-30(18-21-47-42)44(3,4)5;/h9-23,26-29H,1-8H3;/q-3;. The molecule has 0 bridgehead atoms. The zero-order valence-corrected chi connectivity index (χ0v) is 33.6. The first-order chi connectivity index (χ1) is 24.9. The van der Waals surface area contributed by atoms with Crippen LogP contribution in [0.2, 0.25) is 0 Å². The van der Waals surface area contributed by atoms with Crippen molar-refractivity contribution in [1.29, 1.82) is 0 Å². The molecule has 272 valence electrons. The van der Waals surface area contributed by atoms with E-state index in [0.29, 0.717) is 11.5 Å². The van der Waals surface area contributed by atoms with E-state index in [1.54, 1.807) is 0 Å². The van der Waals surface area contributed by atoms with Crippen LogP contribution in [-0.4, -0.2) is 19.5 Å². The molecule has 0 amide bonds. The Bertz CT molecular complexity index is 2460. The first-order valence-electron chi connectivity index (χ1n) is 17.9. The molecule has 0 aliphatic carbocycles. The van der Waals surface area contributed by atoms with Gasteiger partial charge >= 0.3 is 0 Å². The summed E-state index contributed by atoms with van der Waals surface area (Å²) in [5.41, 5.74) is 8.36. The molecule has 7 nitrogen and oxygen atoms in total. The molecule has 8 heteroatoms. The second-order valence-electron chi connectivity index (χ2n) is 15.9. The Labute approximate surface area is 326 Å². The summed E-state index contributed by atoms with van der Waals surface area (Å²) in [4.78, 5) is 18.6. The molecule has 1 aliphatic heterocycles. The third kappa shape index (κ3) is 6.72. The molecule has 3 aromatic carbocycles. The zero-order valence-electron chi connectivity index (χ0n) is 31.4. The fraction of sp³-hybridized carbons (Fsp3) is 0.244. The Morgan fingerprint density at radius 2 is 1.47 bits per heavy atom. The van der Waals surface area contributed by atoms with Crippen LogP contribution in [-0.2, 0) is 31.9 Å². The van der Waals surface area contributed by atoms with Crippen LogP contribution in [0.3, 0.4) is 0 Å². The Hall–Kier alpha value is -5.00. The molecule has 4 aromatic heterocycles. The van der Waals surface area contributed by atoms with Gasteiger partial charge in [-0.3, -0.25) is 4.98 Å². The van der Waals surface area contributed by atoms with Crippen molar-refractivity contribution in [2.24, 2.45) is 0 Å². The number of nitrogens with zero attached hydrogens (tertiary/aromatic N) is 6. The first kappa shape index (κ1) is 36.4. The summed E-state index contributed by atoms with van der Waals surface area (Å²) in [5, 5.41) is 2.23. The summed E-state index contributed by atoms with van der Waals surface area (Å²) >= 11 is 0. The molecule has 0 unspecified atom stereocenters. The summed E-state index contributed by atoms with van der Waals surface area (Å²) in [7, 11) is 0. The van der Waals surface area contributed by atoms with Crippen molar-refractivity contribution in [2.45, 2.75) is 72.1 Å². The third-order valence-electron chi connectivity index (χ3n) is 9.77. The maximum absolute atomic E-state index is 6.52. The normalized spacial score (nSPS) is 13.2. The SMILES string of the molecule is CC(C)c1cc(C(C)(C)C)cnc1N1[CH-]N(c2[c-]c(Oc3[c-]c4c(cc3)c3ccccc3n4-c3cc(C(C)(C)C)ccn3)ccc2)c2cnccc21.[Pt]. The number of aromatic nitrogens is 4. The van der Waals surface area contributed by atoms with Crippen LogP contribution < -0.4 is 14.5 Å². The van der Waals surface area contributed by atoms with Gasteiger partial charge in [-0.15, -0.1) is 48.1 Å². The van der Waals surface area contributed by atoms with E-state index in [1.807, 2.05) is 55.1 Å². The first-order valence-corrected chi connectivity index (χ1v) is 17.9. The number of fused-ring (bicyclic) bond motifs is 4. The Kier molecular flexibility index (Phi) is 9.44. The minimum atomic E-state index is -0.0141. The quantitative estimate of drug-likeness (QED) is 0.155. The molecule has 0 atom stereocenters. The summed E-state index contributed by atoms with van der Waals surface area (Å²) < 4.78 is 8.70. The molecule has 1 aliphatic rings. The molecular weight excluding hydrogens is 836 g/mol. The Balaban J connectivity index is 0.00000435. The smallest absolute Gasteiger partial charge is 0.135 e. The fourth-order valence-electron chi connectivity index (χ4n) is 6.81. The average Bonchev–Trinajstić information content (AvgIpc) is 3.67. The predicted molar refractivity (Wildman–Crippen MR) is 211 cm³/mol. The number of benzene rings is 3. The van der Waals surface area contributed by atoms with E-state index in [9.17, 15) is 0 Å². The van der Waals surface area contributed by atoms with Crippen molar-refractivity contribution in [2.75, 3.05) is 9.80 Å². The van der Waals surface area contributed by atoms with E-state index in [-0.39, 0.29) is 37.8 Å². The molecule has 0 radical (unpaired) electrons. The van der Waals surface area contributed by atoms with Gasteiger partial charge in [0.15, 0.2) is 0 Å². The zero-order chi connectivity index (χ0) is 36.4. The van der Waals surface area contributed by atoms with Crippen LogP contribution in [0.1, 0.15) is 78.0 Å². The topological polar surface area (TPSA) is 59.3 Å². The molecule has 0 saturated carbocycles. The van der Waals surface area contributed by atoms with Crippen LogP contribution in [0.25, 0.3) is 27.6 Å². The second-order valence-corrected chi connectivity index (χ2v) is 15.9. The maximum Gasteiger partial charge on any atom is 0.135 e. The van der Waals surface area contributed by atoms with E-state index >= 15 is 0 Å². The van der Waals surface area contributed by atoms with Crippen molar-refractivity contribution >= 4 is 44.7 Å². The van der Waals surface area contributed by atoms with Crippen molar-refractivity contribution in [3.8, 4) is 17.3 Å². The summed E-state index contributed by atoms with van der Waals surface area (Å²) in [6.45, 7) is 19.8. The fourth-order valence-corrected chi connectivity index (χ4v) is 6.81. The minimum Gasteiger partial charge on any atom is -0.509 e. The number of ether oxygens (including phenoxy) is 1. The summed E-state index contributed by atoms with van der Waals surface area (Å²) in [6, 6.07) is 34.1. The van der Waals surface area contributed by atoms with Gasteiger partial charge in [0.2, 0.25) is 0 Å². The van der Waals surface area contributed by atoms with Crippen molar-refractivity contribution in [1.82, 2.24) is 19.5 Å². The van der Waals surface area contributed by atoms with Crippen molar-refractivity contribution in [3.63, 3.8) is 0 Å². The Morgan fingerprint density at radius 1 is 0.698 bits per heavy atom. The monoisotopic (exact) mass is 878 g/mol. The van der Waals surface area contributed by atoms with Gasteiger partial charge in [-0.1, -0.05) is 79.1 Å². The van der Waals surface area contributed by atoms with Gasteiger partial charge in [0, 0.05) is 68.6 Å². The van der Waals surface area contributed by atoms with Crippen LogP contribution in [0.5, 0.6) is 11.5 Å². The van der Waals surface area contributed by atoms with E-state index in [2.05, 4.69) is 142 Å². The minimum absolute atomic E-state index is 0. The van der Waals surface area contributed by atoms with E-state index in [1.165, 1.54) is 16.7 Å². The van der Waals surface area contributed by atoms with Gasteiger partial charge in [-0.25, -0.2) is 9.97 Å². The largest absolute Gasteiger partial charge is 0.509 e. The number of para-hydroxylation sites is 1. The van der Waals surface area contributed by atoms with Crippen molar-refractivity contribution < 1.29 is 25.8 Å². The van der Waals surface area contributed by atoms with Crippen LogP contribution >= 0.6 is 0 Å². The number of pyridine rings is 3. The molecule has 5 heterocycles.